The Bertz CT molecular complexity index is 930. The summed E-state index contributed by atoms with van der Waals surface area (Å²) in [6.07, 6.45) is 1.93. The average Bonchev–Trinajstić information content (AvgIpc) is 3.05. The maximum atomic E-state index is 12.9. The molecule has 0 saturated carbocycles. The van der Waals surface area contributed by atoms with Crippen LogP contribution in [0.5, 0.6) is 0 Å². The molecule has 9 heteroatoms. The first-order chi connectivity index (χ1) is 12.7. The number of carbonyl (C=O) groups is 1. The van der Waals surface area contributed by atoms with Crippen LogP contribution in [0.4, 0.5) is 0 Å². The molecule has 27 heavy (non-hydrogen) atoms. The van der Waals surface area contributed by atoms with Gasteiger partial charge in [0, 0.05) is 26.2 Å². The standard InChI is InChI=1S/C18H27N5O3S/c1-13(2)23-17-6-5-15(11-16(17)19-20-23)27(25,26)21(4)12-18(24)22-9-7-14(3)8-10-22/h5-6,11,13-14H,7-10,12H2,1-4H3. The van der Waals surface area contributed by atoms with E-state index in [2.05, 4.69) is 17.2 Å². The SMILES string of the molecule is CC1CCN(C(=O)CN(C)S(=O)(=O)c2ccc3c(c2)nnn3C(C)C)CC1. The molecule has 1 saturated heterocycles. The molecule has 0 N–H and O–H groups in total. The van der Waals surface area contributed by atoms with E-state index in [4.69, 9.17) is 0 Å². The fourth-order valence-corrected chi connectivity index (χ4v) is 4.42. The highest BCUT2D eigenvalue weighted by molar-refractivity contribution is 7.89. The molecule has 2 aromatic rings. The van der Waals surface area contributed by atoms with Gasteiger partial charge in [-0.1, -0.05) is 12.1 Å². The number of hydrogen-bond donors (Lipinski definition) is 0. The van der Waals surface area contributed by atoms with E-state index in [0.29, 0.717) is 24.5 Å². The summed E-state index contributed by atoms with van der Waals surface area (Å²) in [5.41, 5.74) is 1.31. The Hall–Kier alpha value is -2.00. The van der Waals surface area contributed by atoms with Crippen LogP contribution in [0.15, 0.2) is 23.1 Å². The second kappa shape index (κ2) is 7.55. The third-order valence-electron chi connectivity index (χ3n) is 5.13. The van der Waals surface area contributed by atoms with Crippen molar-refractivity contribution in [1.82, 2.24) is 24.2 Å². The van der Waals surface area contributed by atoms with E-state index >= 15 is 0 Å². The fraction of sp³-hybridized carbons (Fsp3) is 0.611. The molecule has 0 spiro atoms. The normalized spacial score (nSPS) is 16.6. The van der Waals surface area contributed by atoms with Crippen LogP contribution in [0.3, 0.4) is 0 Å². The first-order valence-electron chi connectivity index (χ1n) is 9.29. The van der Waals surface area contributed by atoms with E-state index in [-0.39, 0.29) is 23.4 Å². The second-order valence-corrected chi connectivity index (χ2v) is 9.65. The second-order valence-electron chi connectivity index (χ2n) is 7.60. The molecular weight excluding hydrogens is 366 g/mol. The van der Waals surface area contributed by atoms with E-state index in [0.717, 1.165) is 22.7 Å². The summed E-state index contributed by atoms with van der Waals surface area (Å²) in [6, 6.07) is 4.90. The van der Waals surface area contributed by atoms with Gasteiger partial charge in [0.1, 0.15) is 5.52 Å². The number of aromatic nitrogens is 3. The Kier molecular flexibility index (Phi) is 5.53. The predicted molar refractivity (Wildman–Crippen MR) is 103 cm³/mol. The Labute approximate surface area is 160 Å². The van der Waals surface area contributed by atoms with Gasteiger partial charge in [-0.3, -0.25) is 4.79 Å². The van der Waals surface area contributed by atoms with Gasteiger partial charge in [-0.05, 0) is 50.8 Å². The van der Waals surface area contributed by atoms with Crippen molar-refractivity contribution in [3.05, 3.63) is 18.2 Å². The minimum Gasteiger partial charge on any atom is -0.342 e. The lowest BCUT2D eigenvalue weighted by Crippen LogP contribution is -2.44. The Morgan fingerprint density at radius 3 is 2.59 bits per heavy atom. The predicted octanol–water partition coefficient (Wildman–Crippen LogP) is 1.89. The summed E-state index contributed by atoms with van der Waals surface area (Å²) in [5.74, 6) is 0.460. The van der Waals surface area contributed by atoms with Gasteiger partial charge in [-0.25, -0.2) is 13.1 Å². The molecule has 8 nitrogen and oxygen atoms in total. The van der Waals surface area contributed by atoms with Crippen molar-refractivity contribution >= 4 is 27.0 Å². The van der Waals surface area contributed by atoms with Gasteiger partial charge in [0.15, 0.2) is 0 Å². The zero-order valence-corrected chi connectivity index (χ0v) is 17.1. The Balaban J connectivity index is 1.77. The zero-order valence-electron chi connectivity index (χ0n) is 16.3. The number of amides is 1. The van der Waals surface area contributed by atoms with E-state index in [1.807, 2.05) is 13.8 Å². The van der Waals surface area contributed by atoms with Gasteiger partial charge in [-0.15, -0.1) is 5.10 Å². The van der Waals surface area contributed by atoms with Crippen molar-refractivity contribution in [3.8, 4) is 0 Å². The summed E-state index contributed by atoms with van der Waals surface area (Å²) in [4.78, 5) is 14.4. The third-order valence-corrected chi connectivity index (χ3v) is 6.93. The zero-order chi connectivity index (χ0) is 19.8. The summed E-state index contributed by atoms with van der Waals surface area (Å²) < 4.78 is 28.6. The van der Waals surface area contributed by atoms with Crippen molar-refractivity contribution in [2.24, 2.45) is 5.92 Å². The highest BCUT2D eigenvalue weighted by atomic mass is 32.2. The molecular formula is C18H27N5O3S. The van der Waals surface area contributed by atoms with Gasteiger partial charge in [-0.2, -0.15) is 4.31 Å². The van der Waals surface area contributed by atoms with Gasteiger partial charge >= 0.3 is 0 Å². The summed E-state index contributed by atoms with van der Waals surface area (Å²) in [6.45, 7) is 7.37. The lowest BCUT2D eigenvalue weighted by atomic mass is 9.99. The number of carbonyl (C=O) groups excluding carboxylic acids is 1. The average molecular weight is 394 g/mol. The molecule has 0 aliphatic carbocycles. The smallest absolute Gasteiger partial charge is 0.243 e. The van der Waals surface area contributed by atoms with E-state index in [1.165, 1.54) is 13.1 Å². The molecule has 1 aromatic heterocycles. The van der Waals surface area contributed by atoms with Crippen LogP contribution in [0.1, 0.15) is 39.7 Å². The monoisotopic (exact) mass is 393 g/mol. The van der Waals surface area contributed by atoms with Gasteiger partial charge in [0.05, 0.1) is 17.0 Å². The van der Waals surface area contributed by atoms with Crippen molar-refractivity contribution in [2.45, 2.75) is 44.6 Å². The summed E-state index contributed by atoms with van der Waals surface area (Å²) >= 11 is 0. The molecule has 0 unspecified atom stereocenters. The lowest BCUT2D eigenvalue weighted by molar-refractivity contribution is -0.132. The molecule has 0 bridgehead atoms. The fourth-order valence-electron chi connectivity index (χ4n) is 3.28. The summed E-state index contributed by atoms with van der Waals surface area (Å²) in [5, 5.41) is 8.15. The number of benzene rings is 1. The van der Waals surface area contributed by atoms with Gasteiger partial charge in [0.25, 0.3) is 0 Å². The molecule has 0 atom stereocenters. The number of piperidine rings is 1. The summed E-state index contributed by atoms with van der Waals surface area (Å²) in [7, 11) is -2.34. The molecule has 1 aliphatic heterocycles. The number of rotatable bonds is 5. The molecule has 148 valence electrons. The van der Waals surface area contributed by atoms with Crippen molar-refractivity contribution in [1.29, 1.82) is 0 Å². The van der Waals surface area contributed by atoms with E-state index in [9.17, 15) is 13.2 Å². The van der Waals surface area contributed by atoms with Crippen molar-refractivity contribution in [2.75, 3.05) is 26.7 Å². The number of fused-ring (bicyclic) bond motifs is 1. The molecule has 0 radical (unpaired) electrons. The number of nitrogens with zero attached hydrogens (tertiary/aromatic N) is 5. The van der Waals surface area contributed by atoms with Crippen molar-refractivity contribution in [3.63, 3.8) is 0 Å². The number of hydrogen-bond acceptors (Lipinski definition) is 5. The third kappa shape index (κ3) is 3.98. The molecule has 2 heterocycles. The van der Waals surface area contributed by atoms with Gasteiger partial charge in [0.2, 0.25) is 15.9 Å². The molecule has 3 rings (SSSR count). The number of likely N-dealkylation sites (N-methyl/N-ethyl adjacent to an activating group) is 1. The van der Waals surface area contributed by atoms with E-state index < -0.39 is 10.0 Å². The van der Waals surface area contributed by atoms with Gasteiger partial charge < -0.3 is 4.90 Å². The van der Waals surface area contributed by atoms with Crippen LogP contribution in [-0.2, 0) is 14.8 Å². The van der Waals surface area contributed by atoms with Crippen LogP contribution in [-0.4, -0.2) is 65.2 Å². The van der Waals surface area contributed by atoms with Crippen LogP contribution >= 0.6 is 0 Å². The largest absolute Gasteiger partial charge is 0.342 e. The maximum Gasteiger partial charge on any atom is 0.243 e. The number of sulfonamides is 1. The van der Waals surface area contributed by atoms with Crippen LogP contribution < -0.4 is 0 Å². The highest BCUT2D eigenvalue weighted by Crippen LogP contribution is 2.22. The molecule has 1 amide bonds. The molecule has 1 fully saturated rings. The highest BCUT2D eigenvalue weighted by Gasteiger charge is 2.27. The van der Waals surface area contributed by atoms with Crippen molar-refractivity contribution < 1.29 is 13.2 Å². The molecule has 1 aliphatic rings. The first-order valence-corrected chi connectivity index (χ1v) is 10.7. The van der Waals surface area contributed by atoms with Crippen LogP contribution in [0, 0.1) is 5.92 Å². The Morgan fingerprint density at radius 2 is 1.96 bits per heavy atom. The maximum absolute atomic E-state index is 12.9. The number of likely N-dealkylation sites (tertiary alicyclic amines) is 1. The van der Waals surface area contributed by atoms with Crippen LogP contribution in [0.2, 0.25) is 0 Å². The van der Waals surface area contributed by atoms with E-state index in [1.54, 1.807) is 21.7 Å². The Morgan fingerprint density at radius 1 is 1.30 bits per heavy atom. The lowest BCUT2D eigenvalue weighted by Gasteiger charge is -2.31. The van der Waals surface area contributed by atoms with Crippen LogP contribution in [0.25, 0.3) is 11.0 Å². The first kappa shape index (κ1) is 19.8. The minimum atomic E-state index is -3.78. The topological polar surface area (TPSA) is 88.4 Å². The molecule has 1 aromatic carbocycles. The quantitative estimate of drug-likeness (QED) is 0.774. The minimum absolute atomic E-state index is 0.119.